The zero-order chi connectivity index (χ0) is 16.8. The van der Waals surface area contributed by atoms with Crippen molar-refractivity contribution in [3.8, 4) is 0 Å². The number of likely N-dealkylation sites (N-methyl/N-ethyl adjacent to an activating group) is 1. The zero-order valence-corrected chi connectivity index (χ0v) is 14.2. The van der Waals surface area contributed by atoms with Crippen LogP contribution in [-0.2, 0) is 0 Å². The SMILES string of the molecule is CN(C)[C@@H]1C[C@@H]2CN(C(=O)c3ccn4ccnc4c3)C[C@@H]2C[C@H]1O. The van der Waals surface area contributed by atoms with Crippen LogP contribution in [0.15, 0.2) is 30.7 Å². The molecule has 1 aliphatic heterocycles. The van der Waals surface area contributed by atoms with Crippen molar-refractivity contribution >= 4 is 11.6 Å². The van der Waals surface area contributed by atoms with E-state index in [1.807, 2.05) is 47.9 Å². The van der Waals surface area contributed by atoms with Gasteiger partial charge in [-0.15, -0.1) is 0 Å². The molecule has 1 saturated heterocycles. The number of pyridine rings is 1. The van der Waals surface area contributed by atoms with Crippen LogP contribution in [0.1, 0.15) is 23.2 Å². The van der Waals surface area contributed by atoms with Gasteiger partial charge in [-0.2, -0.15) is 0 Å². The minimum atomic E-state index is -0.294. The summed E-state index contributed by atoms with van der Waals surface area (Å²) in [5.41, 5.74) is 1.48. The van der Waals surface area contributed by atoms with E-state index in [0.717, 1.165) is 31.6 Å². The molecule has 1 aliphatic carbocycles. The first-order valence-electron chi connectivity index (χ1n) is 8.59. The fourth-order valence-corrected chi connectivity index (χ4v) is 4.35. The lowest BCUT2D eigenvalue weighted by atomic mass is 9.77. The van der Waals surface area contributed by atoms with E-state index in [2.05, 4.69) is 9.88 Å². The van der Waals surface area contributed by atoms with E-state index < -0.39 is 0 Å². The van der Waals surface area contributed by atoms with Crippen LogP contribution in [0.25, 0.3) is 5.65 Å². The van der Waals surface area contributed by atoms with Crippen molar-refractivity contribution in [3.63, 3.8) is 0 Å². The molecule has 6 heteroatoms. The molecule has 0 bridgehead atoms. The number of hydrogen-bond acceptors (Lipinski definition) is 4. The summed E-state index contributed by atoms with van der Waals surface area (Å²) < 4.78 is 1.90. The molecular weight excluding hydrogens is 304 g/mol. The van der Waals surface area contributed by atoms with Crippen molar-refractivity contribution in [2.24, 2.45) is 11.8 Å². The van der Waals surface area contributed by atoms with Gasteiger partial charge in [0.2, 0.25) is 0 Å². The van der Waals surface area contributed by atoms with Crippen molar-refractivity contribution in [1.82, 2.24) is 19.2 Å². The normalized spacial score (nSPS) is 30.1. The van der Waals surface area contributed by atoms with Gasteiger partial charge >= 0.3 is 0 Å². The monoisotopic (exact) mass is 328 g/mol. The number of imidazole rings is 1. The first-order valence-corrected chi connectivity index (χ1v) is 8.59. The Kier molecular flexibility index (Phi) is 3.81. The number of nitrogens with zero attached hydrogens (tertiary/aromatic N) is 4. The summed E-state index contributed by atoms with van der Waals surface area (Å²) >= 11 is 0. The van der Waals surface area contributed by atoms with Crippen LogP contribution in [-0.4, -0.2) is 69.5 Å². The standard InChI is InChI=1S/C18H24N4O2/c1-20(2)15-7-13-10-22(11-14(13)8-16(15)23)18(24)12-3-5-21-6-4-19-17(21)9-12/h3-6,9,13-16,23H,7-8,10-11H2,1-2H3/t13-,14+,15-,16-/m1/s1. The number of aliphatic hydroxyl groups excluding tert-OH is 1. The second-order valence-electron chi connectivity index (χ2n) is 7.41. The number of carbonyl (C=O) groups excluding carboxylic acids is 1. The Morgan fingerprint density at radius 3 is 2.75 bits per heavy atom. The number of fused-ring (bicyclic) bond motifs is 2. The highest BCUT2D eigenvalue weighted by molar-refractivity contribution is 5.95. The summed E-state index contributed by atoms with van der Waals surface area (Å²) in [6.45, 7) is 1.54. The summed E-state index contributed by atoms with van der Waals surface area (Å²) in [6.07, 6.45) is 6.94. The molecule has 2 aliphatic rings. The summed E-state index contributed by atoms with van der Waals surface area (Å²) in [5, 5.41) is 10.4. The molecule has 6 nitrogen and oxygen atoms in total. The smallest absolute Gasteiger partial charge is 0.254 e. The van der Waals surface area contributed by atoms with Gasteiger partial charge in [-0.05, 0) is 50.9 Å². The minimum absolute atomic E-state index is 0.0748. The van der Waals surface area contributed by atoms with Gasteiger partial charge in [0.25, 0.3) is 5.91 Å². The Bertz CT molecular complexity index is 756. The molecule has 4 rings (SSSR count). The lowest BCUT2D eigenvalue weighted by Crippen LogP contribution is -2.46. The Labute approximate surface area is 141 Å². The zero-order valence-electron chi connectivity index (χ0n) is 14.2. The topological polar surface area (TPSA) is 61.1 Å². The van der Waals surface area contributed by atoms with Gasteiger partial charge in [0.15, 0.2) is 0 Å². The fourth-order valence-electron chi connectivity index (χ4n) is 4.35. The molecule has 1 saturated carbocycles. The number of aromatic nitrogens is 2. The largest absolute Gasteiger partial charge is 0.391 e. The summed E-state index contributed by atoms with van der Waals surface area (Å²) in [7, 11) is 4.04. The third-order valence-corrected chi connectivity index (χ3v) is 5.70. The third-order valence-electron chi connectivity index (χ3n) is 5.70. The van der Waals surface area contributed by atoms with Crippen LogP contribution in [0, 0.1) is 11.8 Å². The van der Waals surface area contributed by atoms with Gasteiger partial charge in [-0.1, -0.05) is 0 Å². The van der Waals surface area contributed by atoms with E-state index in [4.69, 9.17) is 0 Å². The second-order valence-corrected chi connectivity index (χ2v) is 7.41. The molecule has 3 heterocycles. The number of aliphatic hydroxyl groups is 1. The van der Waals surface area contributed by atoms with Gasteiger partial charge in [-0.25, -0.2) is 4.98 Å². The highest BCUT2D eigenvalue weighted by Gasteiger charge is 2.43. The van der Waals surface area contributed by atoms with Crippen molar-refractivity contribution in [2.75, 3.05) is 27.2 Å². The predicted octanol–water partition coefficient (Wildman–Crippen LogP) is 1.11. The Balaban J connectivity index is 1.51. The third kappa shape index (κ3) is 2.59. The maximum absolute atomic E-state index is 12.9. The van der Waals surface area contributed by atoms with Crippen LogP contribution >= 0.6 is 0 Å². The lowest BCUT2D eigenvalue weighted by molar-refractivity contribution is 0.00940. The average Bonchev–Trinajstić information content (AvgIpc) is 3.18. The molecule has 1 amide bonds. The first kappa shape index (κ1) is 15.6. The Hall–Kier alpha value is -1.92. The number of hydrogen-bond donors (Lipinski definition) is 1. The van der Waals surface area contributed by atoms with Crippen molar-refractivity contribution in [2.45, 2.75) is 25.0 Å². The predicted molar refractivity (Wildman–Crippen MR) is 90.8 cm³/mol. The number of rotatable bonds is 2. The summed E-state index contributed by atoms with van der Waals surface area (Å²) in [4.78, 5) is 21.2. The quantitative estimate of drug-likeness (QED) is 0.897. The number of amides is 1. The van der Waals surface area contributed by atoms with E-state index in [1.54, 1.807) is 6.20 Å². The maximum atomic E-state index is 12.9. The highest BCUT2D eigenvalue weighted by atomic mass is 16.3. The molecule has 2 aromatic heterocycles. The summed E-state index contributed by atoms with van der Waals surface area (Å²) in [6, 6.07) is 3.90. The fraction of sp³-hybridized carbons (Fsp3) is 0.556. The van der Waals surface area contributed by atoms with Gasteiger partial charge in [-0.3, -0.25) is 4.79 Å². The van der Waals surface area contributed by atoms with Gasteiger partial charge in [0.1, 0.15) is 5.65 Å². The van der Waals surface area contributed by atoms with Crippen molar-refractivity contribution in [3.05, 3.63) is 36.3 Å². The van der Waals surface area contributed by atoms with Crippen LogP contribution < -0.4 is 0 Å². The van der Waals surface area contributed by atoms with E-state index in [-0.39, 0.29) is 18.1 Å². The number of carbonyl (C=O) groups is 1. The molecule has 0 unspecified atom stereocenters. The highest BCUT2D eigenvalue weighted by Crippen LogP contribution is 2.38. The molecule has 2 fully saturated rings. The van der Waals surface area contributed by atoms with Crippen LogP contribution in [0.4, 0.5) is 0 Å². The molecule has 2 aromatic rings. The van der Waals surface area contributed by atoms with Crippen LogP contribution in [0.5, 0.6) is 0 Å². The second kappa shape index (κ2) is 5.86. The average molecular weight is 328 g/mol. The summed E-state index contributed by atoms with van der Waals surface area (Å²) in [5.74, 6) is 0.973. The molecular formula is C18H24N4O2. The Morgan fingerprint density at radius 1 is 1.25 bits per heavy atom. The molecule has 4 atom stereocenters. The van der Waals surface area contributed by atoms with Gasteiger partial charge < -0.3 is 19.3 Å². The molecule has 128 valence electrons. The molecule has 0 aromatic carbocycles. The van der Waals surface area contributed by atoms with E-state index in [1.165, 1.54) is 0 Å². The van der Waals surface area contributed by atoms with Crippen LogP contribution in [0.3, 0.4) is 0 Å². The van der Waals surface area contributed by atoms with Gasteiger partial charge in [0, 0.05) is 43.3 Å². The molecule has 24 heavy (non-hydrogen) atoms. The first-order chi connectivity index (χ1) is 11.5. The minimum Gasteiger partial charge on any atom is -0.391 e. The van der Waals surface area contributed by atoms with E-state index >= 15 is 0 Å². The number of likely N-dealkylation sites (tertiary alicyclic amines) is 1. The molecule has 0 spiro atoms. The van der Waals surface area contributed by atoms with Crippen molar-refractivity contribution in [1.29, 1.82) is 0 Å². The molecule has 0 radical (unpaired) electrons. The molecule has 1 N–H and O–H groups in total. The van der Waals surface area contributed by atoms with Crippen molar-refractivity contribution < 1.29 is 9.90 Å². The lowest BCUT2D eigenvalue weighted by Gasteiger charge is -2.38. The Morgan fingerprint density at radius 2 is 2.00 bits per heavy atom. The maximum Gasteiger partial charge on any atom is 0.254 e. The van der Waals surface area contributed by atoms with Crippen LogP contribution in [0.2, 0.25) is 0 Å². The van der Waals surface area contributed by atoms with E-state index in [0.29, 0.717) is 17.4 Å². The van der Waals surface area contributed by atoms with Gasteiger partial charge in [0.05, 0.1) is 6.10 Å². The van der Waals surface area contributed by atoms with E-state index in [9.17, 15) is 9.90 Å².